The molecule has 0 spiro atoms. The molecule has 3 heterocycles. The number of hydrogen-bond donors (Lipinski definition) is 1. The molecule has 7 heteroatoms. The molecule has 0 saturated carbocycles. The lowest BCUT2D eigenvalue weighted by atomic mass is 9.96. The van der Waals surface area contributed by atoms with E-state index >= 15 is 0 Å². The van der Waals surface area contributed by atoms with Crippen molar-refractivity contribution in [2.45, 2.75) is 31.7 Å². The molecular formula is C19H24N5O2. The first-order valence-corrected chi connectivity index (χ1v) is 9.21. The molecule has 2 saturated heterocycles. The van der Waals surface area contributed by atoms with Gasteiger partial charge in [-0.25, -0.2) is 4.79 Å². The summed E-state index contributed by atoms with van der Waals surface area (Å²) in [6, 6.07) is 7.75. The quantitative estimate of drug-likeness (QED) is 0.895. The second-order valence-corrected chi connectivity index (χ2v) is 6.97. The number of amidine groups is 1. The number of anilines is 2. The third kappa shape index (κ3) is 2.45. The van der Waals surface area contributed by atoms with E-state index in [4.69, 9.17) is 5.73 Å². The number of nitrogens with two attached hydrogens (primary N) is 1. The van der Waals surface area contributed by atoms with Crippen molar-refractivity contribution in [3.63, 3.8) is 0 Å². The second kappa shape index (κ2) is 6.30. The van der Waals surface area contributed by atoms with Gasteiger partial charge in [0.1, 0.15) is 11.4 Å². The maximum Gasteiger partial charge on any atom is 0.325 e. The fourth-order valence-electron chi connectivity index (χ4n) is 4.17. The topological polar surface area (TPSA) is 82.2 Å². The van der Waals surface area contributed by atoms with E-state index in [2.05, 4.69) is 16.8 Å². The summed E-state index contributed by atoms with van der Waals surface area (Å²) in [5.41, 5.74) is 6.52. The molecule has 137 valence electrons. The van der Waals surface area contributed by atoms with E-state index in [0.717, 1.165) is 43.1 Å². The van der Waals surface area contributed by atoms with Gasteiger partial charge in [-0.05, 0) is 37.1 Å². The number of hydrogen-bond acceptors (Lipinski definition) is 4. The van der Waals surface area contributed by atoms with E-state index < -0.39 is 11.4 Å². The summed E-state index contributed by atoms with van der Waals surface area (Å²) in [7, 11) is 0. The molecule has 2 N–H and O–H groups in total. The summed E-state index contributed by atoms with van der Waals surface area (Å²) in [5, 5.41) is 0. The van der Waals surface area contributed by atoms with Crippen LogP contribution in [0.5, 0.6) is 0 Å². The number of primary amides is 1. The first-order valence-electron chi connectivity index (χ1n) is 9.21. The lowest BCUT2D eigenvalue weighted by Crippen LogP contribution is -2.53. The molecule has 1 atom stereocenters. The third-order valence-electron chi connectivity index (χ3n) is 5.54. The predicted octanol–water partition coefficient (Wildman–Crippen LogP) is 1.78. The lowest BCUT2D eigenvalue weighted by molar-refractivity contribution is -0.124. The van der Waals surface area contributed by atoms with Crippen LogP contribution in [0.15, 0.2) is 29.3 Å². The van der Waals surface area contributed by atoms with Crippen LogP contribution in [0.1, 0.15) is 26.2 Å². The summed E-state index contributed by atoms with van der Waals surface area (Å²) < 4.78 is 0. The Morgan fingerprint density at radius 2 is 1.88 bits per heavy atom. The van der Waals surface area contributed by atoms with Crippen molar-refractivity contribution in [1.29, 1.82) is 0 Å². The Balaban J connectivity index is 1.58. The van der Waals surface area contributed by atoms with E-state index in [9.17, 15) is 9.59 Å². The molecule has 26 heavy (non-hydrogen) atoms. The minimum Gasteiger partial charge on any atom is -0.368 e. The van der Waals surface area contributed by atoms with Crippen molar-refractivity contribution in [2.75, 3.05) is 36.0 Å². The number of carbonyl (C=O) groups excluding carboxylic acids is 2. The van der Waals surface area contributed by atoms with Crippen molar-refractivity contribution in [1.82, 2.24) is 4.90 Å². The molecule has 1 aromatic rings. The smallest absolute Gasteiger partial charge is 0.325 e. The predicted molar refractivity (Wildman–Crippen MR) is 101 cm³/mol. The van der Waals surface area contributed by atoms with Crippen LogP contribution in [0.25, 0.3) is 0 Å². The van der Waals surface area contributed by atoms with Gasteiger partial charge in [-0.1, -0.05) is 6.92 Å². The minimum atomic E-state index is -0.968. The Hall–Kier alpha value is -2.57. The molecule has 7 nitrogen and oxygen atoms in total. The normalized spacial score (nSPS) is 25.5. The molecule has 1 aromatic carbocycles. The van der Waals surface area contributed by atoms with Crippen LogP contribution in [0.2, 0.25) is 0 Å². The fourth-order valence-corrected chi connectivity index (χ4v) is 4.17. The average Bonchev–Trinajstić information content (AvgIpc) is 3.21. The maximum atomic E-state index is 12.8. The van der Waals surface area contributed by atoms with Crippen molar-refractivity contribution in [2.24, 2.45) is 10.7 Å². The zero-order valence-electron chi connectivity index (χ0n) is 15.0. The van der Waals surface area contributed by atoms with Crippen LogP contribution in [0, 0.1) is 6.42 Å². The number of amides is 3. The van der Waals surface area contributed by atoms with Gasteiger partial charge in [-0.3, -0.25) is 14.7 Å². The molecular weight excluding hydrogens is 330 g/mol. The minimum absolute atomic E-state index is 0.154. The average molecular weight is 354 g/mol. The zero-order chi connectivity index (χ0) is 18.3. The van der Waals surface area contributed by atoms with Crippen molar-refractivity contribution in [3.8, 4) is 0 Å². The van der Waals surface area contributed by atoms with Crippen LogP contribution >= 0.6 is 0 Å². The van der Waals surface area contributed by atoms with Crippen molar-refractivity contribution < 1.29 is 9.59 Å². The summed E-state index contributed by atoms with van der Waals surface area (Å²) >= 11 is 0. The van der Waals surface area contributed by atoms with Gasteiger partial charge in [0, 0.05) is 43.9 Å². The molecule has 3 aliphatic rings. The highest BCUT2D eigenvalue weighted by Crippen LogP contribution is 2.38. The van der Waals surface area contributed by atoms with Gasteiger partial charge in [0.15, 0.2) is 0 Å². The summed E-state index contributed by atoms with van der Waals surface area (Å²) in [4.78, 5) is 34.9. The van der Waals surface area contributed by atoms with E-state index in [1.165, 1.54) is 0 Å². The van der Waals surface area contributed by atoms with Gasteiger partial charge in [-0.2, -0.15) is 0 Å². The van der Waals surface area contributed by atoms with Crippen LogP contribution in [0.3, 0.4) is 0 Å². The second-order valence-electron chi connectivity index (χ2n) is 6.97. The summed E-state index contributed by atoms with van der Waals surface area (Å²) in [6.07, 6.45) is 4.52. The van der Waals surface area contributed by atoms with Gasteiger partial charge < -0.3 is 15.5 Å². The molecule has 0 aliphatic carbocycles. The van der Waals surface area contributed by atoms with Crippen LogP contribution in [-0.4, -0.2) is 54.4 Å². The highest BCUT2D eigenvalue weighted by molar-refractivity contribution is 6.04. The Labute approximate surface area is 153 Å². The number of aliphatic imine (C=N–C) groups is 1. The monoisotopic (exact) mass is 354 g/mol. The first kappa shape index (κ1) is 16.9. The Kier molecular flexibility index (Phi) is 4.09. The van der Waals surface area contributed by atoms with Gasteiger partial charge in [0.25, 0.3) is 0 Å². The van der Waals surface area contributed by atoms with Gasteiger partial charge >= 0.3 is 6.03 Å². The van der Waals surface area contributed by atoms with E-state index in [-0.39, 0.29) is 12.6 Å². The zero-order valence-corrected chi connectivity index (χ0v) is 15.0. The van der Waals surface area contributed by atoms with Crippen LogP contribution < -0.4 is 15.5 Å². The maximum absolute atomic E-state index is 12.8. The number of benzene rings is 1. The summed E-state index contributed by atoms with van der Waals surface area (Å²) in [6.45, 7) is 4.79. The fraction of sp³-hybridized carbons (Fsp3) is 0.474. The largest absolute Gasteiger partial charge is 0.368 e. The Morgan fingerprint density at radius 1 is 1.19 bits per heavy atom. The van der Waals surface area contributed by atoms with E-state index in [1.807, 2.05) is 30.7 Å². The molecule has 0 bridgehead atoms. The van der Waals surface area contributed by atoms with Gasteiger partial charge in [0.2, 0.25) is 5.91 Å². The summed E-state index contributed by atoms with van der Waals surface area (Å²) in [5.74, 6) is 0.642. The molecule has 0 unspecified atom stereocenters. The number of nitrogens with zero attached hydrogens (tertiary/aromatic N) is 4. The number of rotatable bonds is 4. The molecule has 4 rings (SSSR count). The SMILES string of the molecule is CCC1=NCCCN1c1ccc(N2C[C@@]3(C(N)=O)[CH]CCN3C2=O)cc1. The highest BCUT2D eigenvalue weighted by Gasteiger charge is 2.56. The Morgan fingerprint density at radius 3 is 2.50 bits per heavy atom. The van der Waals surface area contributed by atoms with Crippen molar-refractivity contribution >= 4 is 29.1 Å². The van der Waals surface area contributed by atoms with Gasteiger partial charge in [0.05, 0.1) is 6.54 Å². The molecule has 0 aromatic heterocycles. The standard InChI is InChI=1S/C19H24N5O2/c1-2-16-21-10-4-11-22(16)14-5-7-15(8-6-14)23-13-19(17(20)25)9-3-12-24(19)18(23)26/h5-9H,2-4,10-13H2,1H3,(H2,20,25)/t19-/m1/s1. The lowest BCUT2D eigenvalue weighted by Gasteiger charge is -2.29. The van der Waals surface area contributed by atoms with Crippen LogP contribution in [0.4, 0.5) is 16.2 Å². The molecule has 2 fully saturated rings. The van der Waals surface area contributed by atoms with Gasteiger partial charge in [-0.15, -0.1) is 0 Å². The Bertz CT molecular complexity index is 760. The van der Waals surface area contributed by atoms with Crippen LogP contribution in [-0.2, 0) is 4.79 Å². The number of fused-ring (bicyclic) bond motifs is 1. The van der Waals surface area contributed by atoms with E-state index in [0.29, 0.717) is 13.0 Å². The molecule has 3 aliphatic heterocycles. The highest BCUT2D eigenvalue weighted by atomic mass is 16.2. The molecule has 3 amide bonds. The first-order chi connectivity index (χ1) is 12.6. The van der Waals surface area contributed by atoms with Crippen molar-refractivity contribution in [3.05, 3.63) is 30.7 Å². The number of urea groups is 1. The molecule has 1 radical (unpaired) electrons. The van der Waals surface area contributed by atoms with E-state index in [1.54, 1.807) is 9.80 Å². The third-order valence-corrected chi connectivity index (χ3v) is 5.54. The number of carbonyl (C=O) groups is 2.